The highest BCUT2D eigenvalue weighted by atomic mass is 16.3. The predicted molar refractivity (Wildman–Crippen MR) is 68.6 cm³/mol. The van der Waals surface area contributed by atoms with Gasteiger partial charge in [0.05, 0.1) is 0 Å². The van der Waals surface area contributed by atoms with Gasteiger partial charge in [-0.05, 0) is 19.1 Å². The van der Waals surface area contributed by atoms with Crippen molar-refractivity contribution in [2.75, 3.05) is 0 Å². The Morgan fingerprint density at radius 3 is 2.67 bits per heavy atom. The molecule has 1 aromatic carbocycles. The Kier molecular flexibility index (Phi) is 2.45. The van der Waals surface area contributed by atoms with Crippen LogP contribution in [0, 0.1) is 6.92 Å². The van der Waals surface area contributed by atoms with Crippen LogP contribution in [0.5, 0.6) is 0 Å². The largest absolute Gasteiger partial charge is 0.451 e. The minimum atomic E-state index is -0.119. The van der Waals surface area contributed by atoms with Gasteiger partial charge in [0.1, 0.15) is 5.52 Å². The molecule has 0 N–H and O–H groups in total. The molecule has 0 amide bonds. The minimum Gasteiger partial charge on any atom is -0.451 e. The number of carbonyl (C=O) groups excluding carboxylic acids is 1. The monoisotopic (exact) mass is 237 g/mol. The molecule has 3 rings (SSSR count). The molecule has 0 atom stereocenters. The number of pyridine rings is 1. The van der Waals surface area contributed by atoms with Gasteiger partial charge >= 0.3 is 0 Å². The van der Waals surface area contributed by atoms with E-state index in [0.717, 1.165) is 5.69 Å². The Morgan fingerprint density at radius 1 is 1.11 bits per heavy atom. The van der Waals surface area contributed by atoms with Crippen LogP contribution in [-0.2, 0) is 0 Å². The Labute approximate surface area is 104 Å². The molecule has 0 fully saturated rings. The molecule has 0 unspecified atom stereocenters. The molecular formula is C15H11NO2. The van der Waals surface area contributed by atoms with Crippen molar-refractivity contribution in [2.45, 2.75) is 6.92 Å². The topological polar surface area (TPSA) is 43.1 Å². The van der Waals surface area contributed by atoms with Gasteiger partial charge in [-0.3, -0.25) is 4.79 Å². The summed E-state index contributed by atoms with van der Waals surface area (Å²) in [5.41, 5.74) is 2.88. The summed E-state index contributed by atoms with van der Waals surface area (Å²) in [7, 11) is 0. The first kappa shape index (κ1) is 10.7. The highest BCUT2D eigenvalue weighted by Crippen LogP contribution is 2.20. The fourth-order valence-electron chi connectivity index (χ4n) is 1.87. The molecule has 3 nitrogen and oxygen atoms in total. The van der Waals surface area contributed by atoms with Crippen molar-refractivity contribution in [1.29, 1.82) is 0 Å². The average Bonchev–Trinajstić information content (AvgIpc) is 2.81. The molecular weight excluding hydrogens is 226 g/mol. The summed E-state index contributed by atoms with van der Waals surface area (Å²) in [6.45, 7) is 1.91. The number of fused-ring (bicyclic) bond motifs is 1. The van der Waals surface area contributed by atoms with E-state index in [1.807, 2.05) is 37.3 Å². The van der Waals surface area contributed by atoms with Crippen LogP contribution < -0.4 is 0 Å². The third-order valence-electron chi connectivity index (χ3n) is 2.77. The molecule has 0 aliphatic heterocycles. The van der Waals surface area contributed by atoms with E-state index in [1.54, 1.807) is 18.2 Å². The standard InChI is InChI=1S/C15H11NO2/c1-10-7-8-13-12(16-10)9-14(18-13)15(17)11-5-3-2-4-6-11/h2-9H,1H3. The second-order valence-electron chi connectivity index (χ2n) is 4.14. The van der Waals surface area contributed by atoms with Crippen molar-refractivity contribution in [3.8, 4) is 0 Å². The summed E-state index contributed by atoms with van der Waals surface area (Å²) in [5.74, 6) is 0.209. The maximum Gasteiger partial charge on any atom is 0.228 e. The number of benzene rings is 1. The Hall–Kier alpha value is -2.42. The summed E-state index contributed by atoms with van der Waals surface area (Å²) < 4.78 is 5.53. The van der Waals surface area contributed by atoms with Crippen LogP contribution >= 0.6 is 0 Å². The van der Waals surface area contributed by atoms with Crippen molar-refractivity contribution in [3.05, 3.63) is 65.5 Å². The summed E-state index contributed by atoms with van der Waals surface area (Å²) in [5, 5.41) is 0. The van der Waals surface area contributed by atoms with Gasteiger partial charge in [0.2, 0.25) is 5.78 Å². The molecule has 3 heteroatoms. The minimum absolute atomic E-state index is 0.119. The zero-order chi connectivity index (χ0) is 12.5. The van der Waals surface area contributed by atoms with E-state index in [1.165, 1.54) is 0 Å². The third kappa shape index (κ3) is 1.80. The van der Waals surface area contributed by atoms with Gasteiger partial charge in [-0.2, -0.15) is 0 Å². The molecule has 0 aliphatic carbocycles. The van der Waals surface area contributed by atoms with E-state index in [4.69, 9.17) is 4.42 Å². The van der Waals surface area contributed by atoms with Crippen molar-refractivity contribution in [3.63, 3.8) is 0 Å². The molecule has 2 aromatic heterocycles. The first-order valence-electron chi connectivity index (χ1n) is 5.71. The van der Waals surface area contributed by atoms with Crippen LogP contribution in [0.3, 0.4) is 0 Å². The van der Waals surface area contributed by atoms with Crippen molar-refractivity contribution >= 4 is 16.9 Å². The number of aromatic nitrogens is 1. The molecule has 88 valence electrons. The van der Waals surface area contributed by atoms with Gasteiger partial charge in [-0.15, -0.1) is 0 Å². The van der Waals surface area contributed by atoms with Crippen LogP contribution in [0.1, 0.15) is 21.8 Å². The van der Waals surface area contributed by atoms with Crippen LogP contribution in [0.15, 0.2) is 52.9 Å². The number of nitrogens with zero attached hydrogens (tertiary/aromatic N) is 1. The fourth-order valence-corrected chi connectivity index (χ4v) is 1.87. The van der Waals surface area contributed by atoms with Gasteiger partial charge < -0.3 is 4.42 Å². The van der Waals surface area contributed by atoms with Gasteiger partial charge in [-0.1, -0.05) is 30.3 Å². The summed E-state index contributed by atoms with van der Waals surface area (Å²) in [6, 6.07) is 14.5. The van der Waals surface area contributed by atoms with Crippen molar-refractivity contribution in [2.24, 2.45) is 0 Å². The lowest BCUT2D eigenvalue weighted by Crippen LogP contribution is -1.98. The van der Waals surface area contributed by atoms with E-state index < -0.39 is 0 Å². The summed E-state index contributed by atoms with van der Waals surface area (Å²) in [6.07, 6.45) is 0. The van der Waals surface area contributed by atoms with Gasteiger partial charge in [0, 0.05) is 17.3 Å². The number of ketones is 1. The number of hydrogen-bond donors (Lipinski definition) is 0. The Morgan fingerprint density at radius 2 is 1.89 bits per heavy atom. The molecule has 0 saturated carbocycles. The summed E-state index contributed by atoms with van der Waals surface area (Å²) >= 11 is 0. The highest BCUT2D eigenvalue weighted by molar-refractivity contribution is 6.08. The van der Waals surface area contributed by atoms with Gasteiger partial charge in [0.15, 0.2) is 11.3 Å². The van der Waals surface area contributed by atoms with E-state index in [0.29, 0.717) is 22.4 Å². The quantitative estimate of drug-likeness (QED) is 0.642. The zero-order valence-corrected chi connectivity index (χ0v) is 9.88. The SMILES string of the molecule is Cc1ccc2oc(C(=O)c3ccccc3)cc2n1. The fraction of sp³-hybridized carbons (Fsp3) is 0.0667. The van der Waals surface area contributed by atoms with Crippen LogP contribution in [0.4, 0.5) is 0 Å². The molecule has 3 aromatic rings. The normalized spacial score (nSPS) is 10.7. The lowest BCUT2D eigenvalue weighted by Gasteiger charge is -1.95. The van der Waals surface area contributed by atoms with Gasteiger partial charge in [0.25, 0.3) is 0 Å². The lowest BCUT2D eigenvalue weighted by atomic mass is 10.1. The van der Waals surface area contributed by atoms with E-state index in [9.17, 15) is 4.79 Å². The van der Waals surface area contributed by atoms with E-state index in [2.05, 4.69) is 4.98 Å². The Bertz CT molecular complexity index is 714. The first-order valence-corrected chi connectivity index (χ1v) is 5.71. The molecule has 0 spiro atoms. The average molecular weight is 237 g/mol. The molecule has 18 heavy (non-hydrogen) atoms. The summed E-state index contributed by atoms with van der Waals surface area (Å²) in [4.78, 5) is 16.5. The smallest absolute Gasteiger partial charge is 0.228 e. The third-order valence-corrected chi connectivity index (χ3v) is 2.77. The molecule has 0 saturated heterocycles. The maximum absolute atomic E-state index is 12.2. The second kappa shape index (κ2) is 4.11. The van der Waals surface area contributed by atoms with E-state index >= 15 is 0 Å². The molecule has 0 radical (unpaired) electrons. The van der Waals surface area contributed by atoms with Crippen LogP contribution in [0.2, 0.25) is 0 Å². The maximum atomic E-state index is 12.2. The van der Waals surface area contributed by atoms with Crippen LogP contribution in [0.25, 0.3) is 11.1 Å². The van der Waals surface area contributed by atoms with Crippen molar-refractivity contribution in [1.82, 2.24) is 4.98 Å². The number of furan rings is 1. The number of aryl methyl sites for hydroxylation is 1. The molecule has 0 aliphatic rings. The van der Waals surface area contributed by atoms with Gasteiger partial charge in [-0.25, -0.2) is 4.98 Å². The predicted octanol–water partition coefficient (Wildman–Crippen LogP) is 3.37. The van der Waals surface area contributed by atoms with Crippen molar-refractivity contribution < 1.29 is 9.21 Å². The zero-order valence-electron chi connectivity index (χ0n) is 9.88. The lowest BCUT2D eigenvalue weighted by molar-refractivity contribution is 0.101. The first-order chi connectivity index (χ1) is 8.74. The number of hydrogen-bond acceptors (Lipinski definition) is 3. The Balaban J connectivity index is 2.07. The number of carbonyl (C=O) groups is 1. The molecule has 2 heterocycles. The van der Waals surface area contributed by atoms with E-state index in [-0.39, 0.29) is 5.78 Å². The number of rotatable bonds is 2. The van der Waals surface area contributed by atoms with Crippen LogP contribution in [-0.4, -0.2) is 10.8 Å². The highest BCUT2D eigenvalue weighted by Gasteiger charge is 2.14. The molecule has 0 bridgehead atoms. The second-order valence-corrected chi connectivity index (χ2v) is 4.14.